The van der Waals surface area contributed by atoms with Gasteiger partial charge in [0.25, 0.3) is 0 Å². The van der Waals surface area contributed by atoms with Gasteiger partial charge in [0.05, 0.1) is 12.7 Å². The Morgan fingerprint density at radius 2 is 1.69 bits per heavy atom. The summed E-state index contributed by atoms with van der Waals surface area (Å²) in [5, 5.41) is 30.4. The summed E-state index contributed by atoms with van der Waals surface area (Å²) in [5.41, 5.74) is 3.56. The number of Topliss-reactive ketones (excluding diaryl/α,β-unsaturated/α-hetero) is 1. The summed E-state index contributed by atoms with van der Waals surface area (Å²) in [4.78, 5) is 25.6. The third-order valence-electron chi connectivity index (χ3n) is 11.6. The number of aliphatic hydroxyl groups excluding tert-OH is 3. The third kappa shape index (κ3) is 6.96. The number of allylic oxidation sites excluding steroid dienone is 6. The van der Waals surface area contributed by atoms with E-state index in [0.29, 0.717) is 18.8 Å². The second kappa shape index (κ2) is 13.6. The van der Waals surface area contributed by atoms with Crippen LogP contribution in [0, 0.1) is 28.1 Å². The number of aliphatic hydroxyl groups is 3. The van der Waals surface area contributed by atoms with Crippen molar-refractivity contribution in [2.24, 2.45) is 28.1 Å². The Balaban J connectivity index is 1.55. The second-order valence-electron chi connectivity index (χ2n) is 15.4. The van der Waals surface area contributed by atoms with Crippen molar-refractivity contribution in [1.82, 2.24) is 0 Å². The molecule has 0 spiro atoms. The highest BCUT2D eigenvalue weighted by Gasteiger charge is 2.65. The molecule has 10 unspecified atom stereocenters. The summed E-state index contributed by atoms with van der Waals surface area (Å²) >= 11 is 0. The number of esters is 1. The molecule has 4 aliphatic rings. The molecule has 1 aliphatic heterocycles. The van der Waals surface area contributed by atoms with Gasteiger partial charge in [-0.05, 0) is 88.2 Å². The van der Waals surface area contributed by atoms with E-state index >= 15 is 0 Å². The first kappa shape index (κ1) is 35.7. The van der Waals surface area contributed by atoms with Crippen LogP contribution in [0.3, 0.4) is 0 Å². The largest absolute Gasteiger partial charge is 0.462 e. The van der Waals surface area contributed by atoms with Crippen LogP contribution in [0.5, 0.6) is 0 Å². The number of rotatable bonds is 8. The smallest absolute Gasteiger partial charge is 0.302 e. The molecule has 8 nitrogen and oxygen atoms in total. The van der Waals surface area contributed by atoms with Crippen LogP contribution in [-0.2, 0) is 23.8 Å². The van der Waals surface area contributed by atoms with E-state index in [1.54, 1.807) is 0 Å². The van der Waals surface area contributed by atoms with Crippen LogP contribution < -0.4 is 0 Å². The molecule has 0 amide bonds. The first-order chi connectivity index (χ1) is 20.9. The number of hydrogen-bond donors (Lipinski definition) is 3. The molecule has 8 heteroatoms. The van der Waals surface area contributed by atoms with Crippen LogP contribution in [0.2, 0.25) is 0 Å². The molecule has 4 rings (SSSR count). The van der Waals surface area contributed by atoms with Gasteiger partial charge in [0.15, 0.2) is 12.1 Å². The van der Waals surface area contributed by atoms with Gasteiger partial charge in [0.2, 0.25) is 0 Å². The van der Waals surface area contributed by atoms with Gasteiger partial charge in [0, 0.05) is 29.7 Å². The highest BCUT2D eigenvalue weighted by atomic mass is 16.7. The molecule has 0 aromatic heterocycles. The topological polar surface area (TPSA) is 123 Å². The minimum atomic E-state index is -1.36. The Morgan fingerprint density at radius 3 is 2.33 bits per heavy atom. The van der Waals surface area contributed by atoms with Gasteiger partial charge in [-0.15, -0.1) is 0 Å². The molecular weight excluding hydrogens is 572 g/mol. The lowest BCUT2D eigenvalue weighted by atomic mass is 9.43. The standard InChI is InChI=1S/C37H56O8/c1-21(2)13-14-27(45-34-33(42)32(41)26(40)20-43-34)22(3)11-10-12-23(4)31-25(39)19-29-36(8)18-16-30(44-24(5)38)35(6,7)28(36)15-17-37(29,31)9/h10-13,26-30,32-34,40-42H,14-20H2,1-9H3. The van der Waals surface area contributed by atoms with Gasteiger partial charge in [-0.25, -0.2) is 0 Å². The zero-order chi connectivity index (χ0) is 33.5. The van der Waals surface area contributed by atoms with E-state index in [4.69, 9.17) is 14.2 Å². The van der Waals surface area contributed by atoms with Crippen molar-refractivity contribution >= 4 is 11.8 Å². The summed E-state index contributed by atoms with van der Waals surface area (Å²) < 4.78 is 17.4. The molecule has 0 aromatic rings. The maximum Gasteiger partial charge on any atom is 0.302 e. The number of ether oxygens (including phenoxy) is 3. The molecule has 0 bridgehead atoms. The number of ketones is 1. The van der Waals surface area contributed by atoms with Crippen molar-refractivity contribution in [2.45, 2.75) is 138 Å². The maximum atomic E-state index is 13.8. The third-order valence-corrected chi connectivity index (χ3v) is 11.6. The predicted octanol–water partition coefficient (Wildman–Crippen LogP) is 5.75. The molecule has 4 fully saturated rings. The van der Waals surface area contributed by atoms with Crippen molar-refractivity contribution in [1.29, 1.82) is 0 Å². The first-order valence-corrected chi connectivity index (χ1v) is 16.6. The minimum absolute atomic E-state index is 0.0179. The van der Waals surface area contributed by atoms with E-state index in [1.165, 1.54) is 6.92 Å². The normalized spacial score (nSPS) is 40.0. The molecule has 3 saturated carbocycles. The second-order valence-corrected chi connectivity index (χ2v) is 15.4. The average Bonchev–Trinajstić information content (AvgIpc) is 3.23. The highest BCUT2D eigenvalue weighted by molar-refractivity contribution is 6.00. The van der Waals surface area contributed by atoms with E-state index < -0.39 is 30.7 Å². The molecule has 0 radical (unpaired) electrons. The molecule has 1 saturated heterocycles. The van der Waals surface area contributed by atoms with Crippen LogP contribution in [0.25, 0.3) is 0 Å². The van der Waals surface area contributed by atoms with Gasteiger partial charge >= 0.3 is 5.97 Å². The molecule has 252 valence electrons. The van der Waals surface area contributed by atoms with Crippen molar-refractivity contribution in [3.63, 3.8) is 0 Å². The van der Waals surface area contributed by atoms with Crippen LogP contribution in [0.1, 0.15) is 101 Å². The fourth-order valence-electron chi connectivity index (χ4n) is 9.26. The number of carbonyl (C=O) groups is 2. The van der Waals surface area contributed by atoms with Crippen LogP contribution in [0.4, 0.5) is 0 Å². The van der Waals surface area contributed by atoms with Crippen molar-refractivity contribution in [3.8, 4) is 0 Å². The first-order valence-electron chi connectivity index (χ1n) is 16.6. The van der Waals surface area contributed by atoms with Crippen molar-refractivity contribution in [2.75, 3.05) is 6.61 Å². The molecular formula is C37H56O8. The Hall–Kier alpha value is -2.10. The zero-order valence-corrected chi connectivity index (χ0v) is 28.8. The lowest BCUT2D eigenvalue weighted by molar-refractivity contribution is -0.278. The van der Waals surface area contributed by atoms with Gasteiger partial charge in [-0.2, -0.15) is 0 Å². The van der Waals surface area contributed by atoms with Crippen LogP contribution in [-0.4, -0.2) is 70.5 Å². The average molecular weight is 629 g/mol. The summed E-state index contributed by atoms with van der Waals surface area (Å²) in [6.45, 7) is 18.5. The number of carbonyl (C=O) groups excluding carboxylic acids is 2. The Kier molecular flexibility index (Phi) is 10.8. The quantitative estimate of drug-likeness (QED) is 0.134. The van der Waals surface area contributed by atoms with E-state index in [0.717, 1.165) is 48.0 Å². The number of fused-ring (bicyclic) bond motifs is 3. The van der Waals surface area contributed by atoms with E-state index in [9.17, 15) is 24.9 Å². The van der Waals surface area contributed by atoms with Crippen LogP contribution in [0.15, 0.2) is 46.6 Å². The van der Waals surface area contributed by atoms with Gasteiger partial charge < -0.3 is 29.5 Å². The van der Waals surface area contributed by atoms with Crippen molar-refractivity contribution in [3.05, 3.63) is 46.6 Å². The fraction of sp³-hybridized carbons (Fsp3) is 0.730. The lowest BCUT2D eigenvalue weighted by Gasteiger charge is -2.62. The van der Waals surface area contributed by atoms with Crippen molar-refractivity contribution < 1.29 is 39.1 Å². The summed E-state index contributed by atoms with van der Waals surface area (Å²) in [5.74, 6) is 0.616. The summed E-state index contributed by atoms with van der Waals surface area (Å²) in [6.07, 6.45) is 7.33. The molecule has 0 aromatic carbocycles. The van der Waals surface area contributed by atoms with E-state index in [2.05, 4.69) is 33.8 Å². The molecule has 1 heterocycles. The maximum absolute atomic E-state index is 13.8. The molecule has 45 heavy (non-hydrogen) atoms. The summed E-state index contributed by atoms with van der Waals surface area (Å²) in [7, 11) is 0. The Bertz CT molecular complexity index is 1250. The predicted molar refractivity (Wildman–Crippen MR) is 173 cm³/mol. The molecule has 3 N–H and O–H groups in total. The molecule has 3 aliphatic carbocycles. The Labute approximate surface area is 269 Å². The van der Waals surface area contributed by atoms with Crippen LogP contribution >= 0.6 is 0 Å². The number of hydrogen-bond acceptors (Lipinski definition) is 8. The summed E-state index contributed by atoms with van der Waals surface area (Å²) in [6, 6.07) is 0. The van der Waals surface area contributed by atoms with E-state index in [1.807, 2.05) is 45.9 Å². The van der Waals surface area contributed by atoms with Gasteiger partial charge in [-0.3, -0.25) is 9.59 Å². The monoisotopic (exact) mass is 628 g/mol. The highest BCUT2D eigenvalue weighted by Crippen LogP contribution is 2.69. The zero-order valence-electron chi connectivity index (χ0n) is 28.8. The van der Waals surface area contributed by atoms with Gasteiger partial charge in [0.1, 0.15) is 24.4 Å². The lowest BCUT2D eigenvalue weighted by Crippen LogP contribution is -2.58. The van der Waals surface area contributed by atoms with E-state index in [-0.39, 0.29) is 46.6 Å². The Morgan fingerprint density at radius 1 is 1.00 bits per heavy atom. The molecule has 10 atom stereocenters. The van der Waals surface area contributed by atoms with Gasteiger partial charge in [-0.1, -0.05) is 57.6 Å². The fourth-order valence-corrected chi connectivity index (χ4v) is 9.26. The SMILES string of the molecule is CC(=O)OC1CCC2(C)C3CC(=O)C(=C(C)C=CC=C(C)C(CC=C(C)C)OC4OCC(O)C(O)C4O)C3(C)CCC2C1(C)C. The minimum Gasteiger partial charge on any atom is -0.462 e.